The van der Waals surface area contributed by atoms with Gasteiger partial charge in [0.15, 0.2) is 0 Å². The Labute approximate surface area is 117 Å². The Morgan fingerprint density at radius 2 is 2.16 bits per heavy atom. The molecule has 0 saturated carbocycles. The van der Waals surface area contributed by atoms with Crippen molar-refractivity contribution in [2.24, 2.45) is 5.92 Å². The number of methoxy groups -OCH3 is 1. The third kappa shape index (κ3) is 2.76. The third-order valence-corrected chi connectivity index (χ3v) is 3.97. The maximum Gasteiger partial charge on any atom is 0.325 e. The lowest BCUT2D eigenvalue weighted by atomic mass is 9.91. The zero-order valence-corrected chi connectivity index (χ0v) is 11.8. The van der Waals surface area contributed by atoms with Gasteiger partial charge in [-0.15, -0.1) is 0 Å². The minimum absolute atomic E-state index is 0.0207. The molecule has 1 aliphatic heterocycles. The van der Waals surface area contributed by atoms with E-state index in [2.05, 4.69) is 5.32 Å². The largest absolute Gasteiger partial charge is 0.468 e. The molecule has 1 aliphatic rings. The highest BCUT2D eigenvalue weighted by Gasteiger charge is 2.47. The van der Waals surface area contributed by atoms with Crippen LogP contribution in [0.1, 0.15) is 24.9 Å². The molecule has 0 amide bonds. The van der Waals surface area contributed by atoms with Gasteiger partial charge < -0.3 is 9.84 Å². The van der Waals surface area contributed by atoms with Crippen LogP contribution in [0.25, 0.3) is 0 Å². The van der Waals surface area contributed by atoms with Crippen LogP contribution in [0.4, 0.5) is 0 Å². The number of esters is 1. The summed E-state index contributed by atoms with van der Waals surface area (Å²) in [6.07, 6.45) is 0.545. The van der Waals surface area contributed by atoms with Gasteiger partial charge in [0.1, 0.15) is 5.54 Å². The van der Waals surface area contributed by atoms with Crippen LogP contribution in [0.15, 0.2) is 24.3 Å². The summed E-state index contributed by atoms with van der Waals surface area (Å²) in [7, 11) is 1.37. The predicted molar refractivity (Wildman–Crippen MR) is 72.9 cm³/mol. The van der Waals surface area contributed by atoms with Crippen LogP contribution in [0.2, 0.25) is 5.02 Å². The molecule has 0 unspecified atom stereocenters. The first-order valence-electron chi connectivity index (χ1n) is 6.22. The smallest absolute Gasteiger partial charge is 0.325 e. The lowest BCUT2D eigenvalue weighted by Crippen LogP contribution is -2.45. The first-order valence-corrected chi connectivity index (χ1v) is 6.60. The van der Waals surface area contributed by atoms with Crippen LogP contribution in [-0.2, 0) is 9.53 Å². The first-order chi connectivity index (χ1) is 9.00. The molecule has 19 heavy (non-hydrogen) atoms. The molecule has 3 atom stereocenters. The molecule has 1 aromatic carbocycles. The molecular weight excluding hydrogens is 266 g/mol. The van der Waals surface area contributed by atoms with E-state index in [4.69, 9.17) is 16.3 Å². The van der Waals surface area contributed by atoms with Crippen molar-refractivity contribution >= 4 is 17.6 Å². The molecule has 4 nitrogen and oxygen atoms in total. The van der Waals surface area contributed by atoms with Gasteiger partial charge in [-0.3, -0.25) is 10.1 Å². The van der Waals surface area contributed by atoms with Gasteiger partial charge in [0, 0.05) is 23.6 Å². The van der Waals surface area contributed by atoms with Crippen molar-refractivity contribution < 1.29 is 14.6 Å². The lowest BCUT2D eigenvalue weighted by Gasteiger charge is -2.22. The van der Waals surface area contributed by atoms with Gasteiger partial charge in [-0.1, -0.05) is 23.7 Å². The predicted octanol–water partition coefficient (Wildman–Crippen LogP) is 1.91. The zero-order chi connectivity index (χ0) is 14.0. The number of carbonyl (C=O) groups is 1. The minimum atomic E-state index is -0.757. The van der Waals surface area contributed by atoms with Crippen molar-refractivity contribution in [3.63, 3.8) is 0 Å². The summed E-state index contributed by atoms with van der Waals surface area (Å²) in [5, 5.41) is 13.5. The Morgan fingerprint density at radius 1 is 1.53 bits per heavy atom. The maximum atomic E-state index is 11.8. The van der Waals surface area contributed by atoms with Gasteiger partial charge in [0.2, 0.25) is 0 Å². The fourth-order valence-electron chi connectivity index (χ4n) is 2.73. The van der Waals surface area contributed by atoms with Crippen molar-refractivity contribution in [3.8, 4) is 0 Å². The molecule has 1 heterocycles. The number of rotatable bonds is 3. The number of aliphatic hydroxyl groups is 1. The van der Waals surface area contributed by atoms with Crippen molar-refractivity contribution in [2.75, 3.05) is 13.7 Å². The van der Waals surface area contributed by atoms with Crippen LogP contribution in [0, 0.1) is 5.92 Å². The standard InChI is InChI=1S/C14H18ClNO3/c1-14(13(18)19-2)7-10(8-17)12(16-14)9-3-5-11(15)6-4-9/h3-6,10,12,16-17H,7-8H2,1-2H3/t10-,12+,14+/m0/s1. The van der Waals surface area contributed by atoms with Crippen molar-refractivity contribution in [1.29, 1.82) is 0 Å². The van der Waals surface area contributed by atoms with E-state index in [1.165, 1.54) is 7.11 Å². The summed E-state index contributed by atoms with van der Waals surface area (Å²) in [5.74, 6) is -0.326. The molecule has 2 rings (SSSR count). The monoisotopic (exact) mass is 283 g/mol. The van der Waals surface area contributed by atoms with Crippen LogP contribution < -0.4 is 5.32 Å². The average Bonchev–Trinajstić information content (AvgIpc) is 2.77. The van der Waals surface area contributed by atoms with E-state index in [-0.39, 0.29) is 24.5 Å². The number of hydrogen-bond acceptors (Lipinski definition) is 4. The Hall–Kier alpha value is -1.10. The second-order valence-electron chi connectivity index (χ2n) is 5.14. The van der Waals surface area contributed by atoms with Gasteiger partial charge in [0.25, 0.3) is 0 Å². The minimum Gasteiger partial charge on any atom is -0.468 e. The Bertz CT molecular complexity index is 462. The van der Waals surface area contributed by atoms with Crippen LogP contribution in [-0.4, -0.2) is 30.3 Å². The van der Waals surface area contributed by atoms with E-state index in [9.17, 15) is 9.90 Å². The van der Waals surface area contributed by atoms with Crippen LogP contribution in [0.3, 0.4) is 0 Å². The number of hydrogen-bond donors (Lipinski definition) is 2. The number of halogens is 1. The van der Waals surface area contributed by atoms with Gasteiger partial charge in [0.05, 0.1) is 7.11 Å². The Morgan fingerprint density at radius 3 is 2.68 bits per heavy atom. The van der Waals surface area contributed by atoms with E-state index in [0.717, 1.165) is 5.56 Å². The van der Waals surface area contributed by atoms with E-state index in [0.29, 0.717) is 11.4 Å². The molecule has 2 N–H and O–H groups in total. The third-order valence-electron chi connectivity index (χ3n) is 3.72. The Balaban J connectivity index is 2.25. The number of ether oxygens (including phenoxy) is 1. The normalized spacial score (nSPS) is 30.3. The highest BCUT2D eigenvalue weighted by Crippen LogP contribution is 2.38. The first kappa shape index (κ1) is 14.3. The van der Waals surface area contributed by atoms with Gasteiger partial charge >= 0.3 is 5.97 Å². The van der Waals surface area contributed by atoms with E-state index in [1.54, 1.807) is 19.1 Å². The summed E-state index contributed by atoms with van der Waals surface area (Å²) in [6.45, 7) is 1.82. The fourth-order valence-corrected chi connectivity index (χ4v) is 2.85. The summed E-state index contributed by atoms with van der Waals surface area (Å²) < 4.78 is 4.83. The Kier molecular flexibility index (Phi) is 4.13. The second-order valence-corrected chi connectivity index (χ2v) is 5.58. The molecule has 5 heteroatoms. The summed E-state index contributed by atoms with van der Waals surface area (Å²) in [4.78, 5) is 11.8. The molecule has 104 valence electrons. The van der Waals surface area contributed by atoms with Crippen molar-refractivity contribution in [1.82, 2.24) is 5.32 Å². The maximum absolute atomic E-state index is 11.8. The topological polar surface area (TPSA) is 58.6 Å². The second kappa shape index (κ2) is 5.49. The number of carbonyl (C=O) groups excluding carboxylic acids is 1. The number of nitrogens with one attached hydrogen (secondary N) is 1. The van der Waals surface area contributed by atoms with E-state index in [1.807, 2.05) is 12.1 Å². The molecular formula is C14H18ClNO3. The molecule has 0 aliphatic carbocycles. The van der Waals surface area contributed by atoms with Gasteiger partial charge in [-0.05, 0) is 31.0 Å². The quantitative estimate of drug-likeness (QED) is 0.832. The summed E-state index contributed by atoms with van der Waals surface area (Å²) in [5.41, 5.74) is 0.253. The molecule has 0 radical (unpaired) electrons. The fraction of sp³-hybridized carbons (Fsp3) is 0.500. The van der Waals surface area contributed by atoms with Gasteiger partial charge in [-0.2, -0.15) is 0 Å². The summed E-state index contributed by atoms with van der Waals surface area (Å²) in [6, 6.07) is 7.35. The molecule has 1 aromatic rings. The molecule has 0 aromatic heterocycles. The van der Waals surface area contributed by atoms with E-state index < -0.39 is 5.54 Å². The van der Waals surface area contributed by atoms with Crippen LogP contribution in [0.5, 0.6) is 0 Å². The SMILES string of the molecule is COC(=O)[C@@]1(C)C[C@@H](CO)[C@@H](c2ccc(Cl)cc2)N1. The van der Waals surface area contributed by atoms with Crippen molar-refractivity contribution in [3.05, 3.63) is 34.9 Å². The lowest BCUT2D eigenvalue weighted by molar-refractivity contribution is -0.147. The number of aliphatic hydroxyl groups excluding tert-OH is 1. The summed E-state index contributed by atoms with van der Waals surface area (Å²) >= 11 is 5.87. The molecule has 1 fully saturated rings. The van der Waals surface area contributed by atoms with Crippen molar-refractivity contribution in [2.45, 2.75) is 24.9 Å². The average molecular weight is 284 g/mol. The van der Waals surface area contributed by atoms with E-state index >= 15 is 0 Å². The zero-order valence-electron chi connectivity index (χ0n) is 11.0. The highest BCUT2D eigenvalue weighted by molar-refractivity contribution is 6.30. The molecule has 1 saturated heterocycles. The number of benzene rings is 1. The molecule has 0 bridgehead atoms. The van der Waals surface area contributed by atoms with Crippen LogP contribution >= 0.6 is 11.6 Å². The highest BCUT2D eigenvalue weighted by atomic mass is 35.5. The molecule has 0 spiro atoms. The van der Waals surface area contributed by atoms with Gasteiger partial charge in [-0.25, -0.2) is 0 Å².